The van der Waals surface area contributed by atoms with Crippen molar-refractivity contribution in [1.82, 2.24) is 0 Å². The molecule has 0 aromatic heterocycles. The van der Waals surface area contributed by atoms with Crippen LogP contribution in [0.1, 0.15) is 16.7 Å². The highest BCUT2D eigenvalue weighted by Gasteiger charge is 2.35. The Bertz CT molecular complexity index is 1590. The molecule has 8 nitrogen and oxygen atoms in total. The van der Waals surface area contributed by atoms with Gasteiger partial charge >= 0.3 is 18.1 Å². The number of hydrogen-bond acceptors (Lipinski definition) is 8. The van der Waals surface area contributed by atoms with E-state index in [2.05, 4.69) is 0 Å². The van der Waals surface area contributed by atoms with E-state index in [1.165, 1.54) is 24.3 Å². The van der Waals surface area contributed by atoms with Gasteiger partial charge in [-0.15, -0.1) is 0 Å². The predicted octanol–water partition coefficient (Wildman–Crippen LogP) is 5.78. The zero-order valence-electron chi connectivity index (χ0n) is 22.6. The van der Waals surface area contributed by atoms with Gasteiger partial charge in [0.05, 0.1) is 13.2 Å². The number of hydrogen-bond donors (Lipinski definition) is 0. The molecule has 3 aromatic rings. The average molecular weight is 619 g/mol. The fourth-order valence-electron chi connectivity index (χ4n) is 3.66. The minimum Gasteiger partial charge on any atom is -0.491 e. The Labute approximate surface area is 247 Å². The molecule has 2 atom stereocenters. The molecule has 2 unspecified atom stereocenters. The summed E-state index contributed by atoms with van der Waals surface area (Å²) in [5.41, 5.74) is -1.42. The summed E-state index contributed by atoms with van der Waals surface area (Å²) in [6.07, 6.45) is -1.32. The Morgan fingerprint density at radius 2 is 1.20 bits per heavy atom. The summed E-state index contributed by atoms with van der Waals surface area (Å²) in [7, 11) is 0. The molecule has 0 aliphatic carbocycles. The van der Waals surface area contributed by atoms with Crippen molar-refractivity contribution in [3.63, 3.8) is 0 Å². The molecule has 0 saturated carbocycles. The summed E-state index contributed by atoms with van der Waals surface area (Å²) in [5.74, 6) is -4.60. The first kappa shape index (κ1) is 30.7. The molecule has 3 aromatic carbocycles. The number of ether oxygens (including phenoxy) is 6. The van der Waals surface area contributed by atoms with Gasteiger partial charge in [-0.3, -0.25) is 0 Å². The van der Waals surface area contributed by atoms with E-state index in [4.69, 9.17) is 28.4 Å². The van der Waals surface area contributed by atoms with Crippen molar-refractivity contribution in [2.75, 3.05) is 26.4 Å². The summed E-state index contributed by atoms with van der Waals surface area (Å²) < 4.78 is 100. The van der Waals surface area contributed by atoms with Crippen LogP contribution in [-0.4, -0.2) is 50.6 Å². The van der Waals surface area contributed by atoms with Crippen LogP contribution in [0.15, 0.2) is 66.7 Å². The molecule has 0 amide bonds. The molecule has 0 N–H and O–H groups in total. The number of benzene rings is 3. The van der Waals surface area contributed by atoms with Crippen LogP contribution in [-0.2, 0) is 25.2 Å². The van der Waals surface area contributed by atoms with Gasteiger partial charge in [0, 0.05) is 35.4 Å². The highest BCUT2D eigenvalue weighted by molar-refractivity contribution is 5.90. The number of alkyl halides is 3. The van der Waals surface area contributed by atoms with E-state index >= 15 is 0 Å². The molecule has 2 heterocycles. The number of epoxide rings is 2. The lowest BCUT2D eigenvalue weighted by Crippen LogP contribution is -2.13. The van der Waals surface area contributed by atoms with Crippen LogP contribution < -0.4 is 18.9 Å². The third-order valence-electron chi connectivity index (χ3n) is 6.10. The third kappa shape index (κ3) is 8.88. The highest BCUT2D eigenvalue weighted by Crippen LogP contribution is 2.38. The topological polar surface area (TPSA) is 96.1 Å². The molecular formula is C31H23F5O8. The zero-order valence-corrected chi connectivity index (χ0v) is 22.6. The summed E-state index contributed by atoms with van der Waals surface area (Å²) in [6.45, 7) is 1.68. The van der Waals surface area contributed by atoms with Crippen molar-refractivity contribution in [3.05, 3.63) is 95.1 Å². The molecule has 13 heteroatoms. The molecule has 230 valence electrons. The Hall–Kier alpha value is -4.75. The van der Waals surface area contributed by atoms with Gasteiger partial charge in [-0.05, 0) is 54.6 Å². The third-order valence-corrected chi connectivity index (χ3v) is 6.10. The van der Waals surface area contributed by atoms with E-state index in [0.29, 0.717) is 19.3 Å². The molecule has 2 aliphatic heterocycles. The predicted molar refractivity (Wildman–Crippen MR) is 144 cm³/mol. The lowest BCUT2D eigenvalue weighted by atomic mass is 10.1. The number of esters is 2. The van der Waals surface area contributed by atoms with Gasteiger partial charge in [0.1, 0.15) is 65.6 Å². The number of carbonyl (C=O) groups is 2. The Morgan fingerprint density at radius 3 is 1.66 bits per heavy atom. The van der Waals surface area contributed by atoms with Crippen molar-refractivity contribution in [2.24, 2.45) is 0 Å². The van der Waals surface area contributed by atoms with Gasteiger partial charge in [-0.1, -0.05) is 0 Å². The monoisotopic (exact) mass is 618 g/mol. The molecule has 2 fully saturated rings. The summed E-state index contributed by atoms with van der Waals surface area (Å²) in [6, 6.07) is 10.1. The molecule has 0 spiro atoms. The van der Waals surface area contributed by atoms with E-state index in [1.54, 1.807) is 0 Å². The quantitative estimate of drug-likeness (QED) is 0.0830. The number of rotatable bonds is 12. The molecule has 2 aliphatic rings. The maximum Gasteiger partial charge on any atom is 0.420 e. The molecule has 0 bridgehead atoms. The molecule has 5 rings (SSSR count). The number of halogens is 5. The zero-order chi connectivity index (χ0) is 31.3. The van der Waals surface area contributed by atoms with Crippen LogP contribution in [0.5, 0.6) is 23.0 Å². The Kier molecular flexibility index (Phi) is 9.26. The lowest BCUT2D eigenvalue weighted by Gasteiger charge is -2.13. The van der Waals surface area contributed by atoms with Gasteiger partial charge in [0.25, 0.3) is 0 Å². The van der Waals surface area contributed by atoms with Crippen LogP contribution in [0, 0.1) is 11.6 Å². The van der Waals surface area contributed by atoms with E-state index in [1.807, 2.05) is 0 Å². The Balaban J connectivity index is 1.19. The molecule has 44 heavy (non-hydrogen) atoms. The second-order valence-corrected chi connectivity index (χ2v) is 9.56. The molecular weight excluding hydrogens is 595 g/mol. The van der Waals surface area contributed by atoms with Gasteiger partial charge in [-0.2, -0.15) is 13.2 Å². The summed E-state index contributed by atoms with van der Waals surface area (Å²) in [4.78, 5) is 24.5. The average Bonchev–Trinajstić information content (AvgIpc) is 3.90. The van der Waals surface area contributed by atoms with E-state index in [9.17, 15) is 31.5 Å². The largest absolute Gasteiger partial charge is 0.491 e. The van der Waals surface area contributed by atoms with Crippen molar-refractivity contribution >= 4 is 24.1 Å². The van der Waals surface area contributed by atoms with Crippen LogP contribution in [0.3, 0.4) is 0 Å². The van der Waals surface area contributed by atoms with Gasteiger partial charge in [0.2, 0.25) is 0 Å². The normalized spacial score (nSPS) is 17.5. The van der Waals surface area contributed by atoms with E-state index in [0.717, 1.165) is 48.6 Å². The second kappa shape index (κ2) is 13.3. The fourth-order valence-corrected chi connectivity index (χ4v) is 3.66. The standard InChI is InChI=1S/C31H23F5O8/c32-26-12-20(39-14-23-16-41-23)5-1-18(26)3-9-29(37)43-22-7-8-28(25(11-22)31(34,35)36)44-30(38)10-4-19-2-6-21(13-27(19)33)40-15-24-17-42-24/h1-13,23-24H,14-17H2/b9-3-,10-4-. The van der Waals surface area contributed by atoms with Crippen LogP contribution in [0.4, 0.5) is 22.0 Å². The maximum atomic E-state index is 14.3. The van der Waals surface area contributed by atoms with Crippen LogP contribution in [0.25, 0.3) is 12.2 Å². The smallest absolute Gasteiger partial charge is 0.420 e. The van der Waals surface area contributed by atoms with Crippen molar-refractivity contribution in [1.29, 1.82) is 0 Å². The molecule has 2 saturated heterocycles. The maximum absolute atomic E-state index is 14.3. The fraction of sp³-hybridized carbons (Fsp3) is 0.226. The van der Waals surface area contributed by atoms with Gasteiger partial charge in [0.15, 0.2) is 0 Å². The van der Waals surface area contributed by atoms with Crippen molar-refractivity contribution < 1.29 is 60.0 Å². The van der Waals surface area contributed by atoms with Gasteiger partial charge < -0.3 is 28.4 Å². The minimum absolute atomic E-state index is 0.0103. The second-order valence-electron chi connectivity index (χ2n) is 9.56. The summed E-state index contributed by atoms with van der Waals surface area (Å²) >= 11 is 0. The van der Waals surface area contributed by atoms with Crippen molar-refractivity contribution in [3.8, 4) is 23.0 Å². The van der Waals surface area contributed by atoms with Crippen LogP contribution in [0.2, 0.25) is 0 Å². The first-order chi connectivity index (χ1) is 21.0. The Morgan fingerprint density at radius 1 is 0.727 bits per heavy atom. The van der Waals surface area contributed by atoms with Crippen molar-refractivity contribution in [2.45, 2.75) is 18.4 Å². The first-order valence-electron chi connectivity index (χ1n) is 13.1. The lowest BCUT2D eigenvalue weighted by molar-refractivity contribution is -0.141. The van der Waals surface area contributed by atoms with Gasteiger partial charge in [-0.25, -0.2) is 18.4 Å². The number of carbonyl (C=O) groups excluding carboxylic acids is 2. The highest BCUT2D eigenvalue weighted by atomic mass is 19.4. The summed E-state index contributed by atoms with van der Waals surface area (Å²) in [5, 5.41) is 0. The SMILES string of the molecule is O=C(/C=C\c1ccc(OCC2CO2)cc1F)Oc1ccc(OC(=O)/C=C\c2ccc(OCC3CO3)cc2F)c(C(F)(F)F)c1. The first-order valence-corrected chi connectivity index (χ1v) is 13.1. The van der Waals surface area contributed by atoms with Crippen LogP contribution >= 0.6 is 0 Å². The molecule has 0 radical (unpaired) electrons. The van der Waals surface area contributed by atoms with E-state index in [-0.39, 0.29) is 48.0 Å². The minimum atomic E-state index is -5.00. The van der Waals surface area contributed by atoms with E-state index < -0.39 is 46.8 Å².